The van der Waals surface area contributed by atoms with E-state index in [1.54, 1.807) is 12.1 Å². The molecule has 1 aromatic rings. The molecule has 1 amide bonds. The van der Waals surface area contributed by atoms with Gasteiger partial charge in [-0.1, -0.05) is 6.07 Å². The molecule has 1 aliphatic heterocycles. The van der Waals surface area contributed by atoms with Crippen LogP contribution in [-0.2, 0) is 4.79 Å². The molecule has 1 saturated heterocycles. The number of hydrogen-bond acceptors (Lipinski definition) is 4. The summed E-state index contributed by atoms with van der Waals surface area (Å²) in [5.41, 5.74) is 1.15. The van der Waals surface area contributed by atoms with E-state index in [0.717, 1.165) is 44.1 Å². The van der Waals surface area contributed by atoms with Crippen molar-refractivity contribution in [1.29, 1.82) is 0 Å². The molecule has 6 heteroatoms. The van der Waals surface area contributed by atoms with E-state index < -0.39 is 5.82 Å². The number of aryl methyl sites for hydroxylation is 1. The first kappa shape index (κ1) is 18.3. The quantitative estimate of drug-likeness (QED) is 0.789. The Kier molecular flexibility index (Phi) is 6.04. The first-order valence-electron chi connectivity index (χ1n) is 9.18. The Balaban J connectivity index is 1.53. The lowest BCUT2D eigenvalue weighted by molar-refractivity contribution is -0.118. The van der Waals surface area contributed by atoms with E-state index in [0.29, 0.717) is 6.04 Å². The van der Waals surface area contributed by atoms with E-state index in [1.807, 2.05) is 6.92 Å². The van der Waals surface area contributed by atoms with Gasteiger partial charge in [0, 0.05) is 38.8 Å². The van der Waals surface area contributed by atoms with Crippen LogP contribution >= 0.6 is 0 Å². The number of aliphatic hydroxyl groups is 1. The number of nitrogens with one attached hydrogen (secondary N) is 1. The third-order valence-corrected chi connectivity index (χ3v) is 5.10. The van der Waals surface area contributed by atoms with Crippen LogP contribution in [0.2, 0.25) is 0 Å². The highest BCUT2D eigenvalue weighted by molar-refractivity contribution is 5.92. The van der Waals surface area contributed by atoms with Crippen LogP contribution in [0.3, 0.4) is 0 Å². The summed E-state index contributed by atoms with van der Waals surface area (Å²) in [5.74, 6) is 0.217. The van der Waals surface area contributed by atoms with Crippen molar-refractivity contribution in [2.45, 2.75) is 32.2 Å². The summed E-state index contributed by atoms with van der Waals surface area (Å²) in [6.45, 7) is 5.93. The summed E-state index contributed by atoms with van der Waals surface area (Å²) in [6, 6.07) is 5.00. The Morgan fingerprint density at radius 3 is 2.88 bits per heavy atom. The molecule has 2 fully saturated rings. The Labute approximate surface area is 148 Å². The maximum absolute atomic E-state index is 13.8. The first-order valence-corrected chi connectivity index (χ1v) is 9.18. The van der Waals surface area contributed by atoms with Crippen molar-refractivity contribution in [2.24, 2.45) is 5.92 Å². The lowest BCUT2D eigenvalue weighted by atomic mass is 10.1. The van der Waals surface area contributed by atoms with E-state index in [1.165, 1.54) is 18.9 Å². The minimum absolute atomic E-state index is 0.167. The minimum Gasteiger partial charge on any atom is -0.396 e. The van der Waals surface area contributed by atoms with Crippen LogP contribution in [0.1, 0.15) is 24.8 Å². The molecule has 0 aromatic heterocycles. The van der Waals surface area contributed by atoms with E-state index >= 15 is 0 Å². The molecule has 0 bridgehead atoms. The van der Waals surface area contributed by atoms with Gasteiger partial charge in [0.1, 0.15) is 5.82 Å². The van der Waals surface area contributed by atoms with Crippen molar-refractivity contribution in [2.75, 3.05) is 44.6 Å². The fourth-order valence-corrected chi connectivity index (χ4v) is 3.52. The molecule has 1 heterocycles. The number of rotatable bonds is 7. The molecule has 1 atom stereocenters. The molecule has 5 nitrogen and oxygen atoms in total. The van der Waals surface area contributed by atoms with Crippen molar-refractivity contribution in [3.63, 3.8) is 0 Å². The molecule has 1 aliphatic carbocycles. The predicted molar refractivity (Wildman–Crippen MR) is 96.0 cm³/mol. The van der Waals surface area contributed by atoms with E-state index in [4.69, 9.17) is 0 Å². The van der Waals surface area contributed by atoms with Crippen molar-refractivity contribution in [3.8, 4) is 0 Å². The van der Waals surface area contributed by atoms with Gasteiger partial charge in [0.2, 0.25) is 5.91 Å². The minimum atomic E-state index is -0.411. The lowest BCUT2D eigenvalue weighted by Gasteiger charge is -2.41. The number of halogens is 1. The highest BCUT2D eigenvalue weighted by Crippen LogP contribution is 2.31. The third-order valence-electron chi connectivity index (χ3n) is 5.10. The van der Waals surface area contributed by atoms with Crippen molar-refractivity contribution < 1.29 is 14.3 Å². The fraction of sp³-hybridized carbons (Fsp3) is 0.632. The lowest BCUT2D eigenvalue weighted by Crippen LogP contribution is -2.55. The van der Waals surface area contributed by atoms with Crippen molar-refractivity contribution in [1.82, 2.24) is 9.80 Å². The van der Waals surface area contributed by atoms with Gasteiger partial charge < -0.3 is 10.4 Å². The summed E-state index contributed by atoms with van der Waals surface area (Å²) in [5, 5.41) is 12.0. The molecule has 1 unspecified atom stereocenters. The van der Waals surface area contributed by atoms with Gasteiger partial charge in [0.25, 0.3) is 0 Å². The van der Waals surface area contributed by atoms with Crippen LogP contribution in [0.15, 0.2) is 18.2 Å². The molecule has 1 aromatic carbocycles. The number of nitrogens with zero attached hydrogens (tertiary/aromatic N) is 2. The maximum atomic E-state index is 13.8. The second-order valence-electron chi connectivity index (χ2n) is 7.37. The van der Waals surface area contributed by atoms with E-state index in [-0.39, 0.29) is 24.7 Å². The van der Waals surface area contributed by atoms with Gasteiger partial charge in [-0.25, -0.2) is 4.39 Å². The molecule has 1 saturated carbocycles. The SMILES string of the molecule is Cc1ccc(F)c(NC(=O)CN2CCN(CC3CC3)C(CCO)C2)c1. The Morgan fingerprint density at radius 2 is 2.16 bits per heavy atom. The van der Waals surface area contributed by atoms with Crippen LogP contribution in [0.25, 0.3) is 0 Å². The zero-order valence-electron chi connectivity index (χ0n) is 14.9. The van der Waals surface area contributed by atoms with Crippen LogP contribution in [0.4, 0.5) is 10.1 Å². The number of carbonyl (C=O) groups excluding carboxylic acids is 1. The molecule has 2 aliphatic rings. The molecule has 0 radical (unpaired) electrons. The number of carbonyl (C=O) groups is 1. The molecule has 3 rings (SSSR count). The Morgan fingerprint density at radius 1 is 1.36 bits per heavy atom. The maximum Gasteiger partial charge on any atom is 0.238 e. The summed E-state index contributed by atoms with van der Waals surface area (Å²) in [6.07, 6.45) is 3.37. The summed E-state index contributed by atoms with van der Waals surface area (Å²) >= 11 is 0. The van der Waals surface area contributed by atoms with E-state index in [9.17, 15) is 14.3 Å². The van der Waals surface area contributed by atoms with Crippen LogP contribution in [0.5, 0.6) is 0 Å². The van der Waals surface area contributed by atoms with Gasteiger partial charge in [-0.2, -0.15) is 0 Å². The topological polar surface area (TPSA) is 55.8 Å². The zero-order valence-corrected chi connectivity index (χ0v) is 14.9. The summed E-state index contributed by atoms with van der Waals surface area (Å²) in [7, 11) is 0. The summed E-state index contributed by atoms with van der Waals surface area (Å²) in [4.78, 5) is 16.9. The van der Waals surface area contributed by atoms with Crippen LogP contribution < -0.4 is 5.32 Å². The van der Waals surface area contributed by atoms with Gasteiger partial charge >= 0.3 is 0 Å². The number of amides is 1. The third kappa shape index (κ3) is 5.23. The Hall–Kier alpha value is -1.50. The van der Waals surface area contributed by atoms with Gasteiger partial charge in [-0.3, -0.25) is 14.6 Å². The smallest absolute Gasteiger partial charge is 0.238 e. The molecule has 2 N–H and O–H groups in total. The van der Waals surface area contributed by atoms with Crippen molar-refractivity contribution >= 4 is 11.6 Å². The number of aliphatic hydroxyl groups excluding tert-OH is 1. The number of anilines is 1. The summed E-state index contributed by atoms with van der Waals surface area (Å²) < 4.78 is 13.8. The standard InChI is InChI=1S/C19H28FN3O2/c1-14-2-5-17(20)18(10-14)21-19(25)13-22-7-8-23(11-15-3-4-15)16(12-22)6-9-24/h2,5,10,15-16,24H,3-4,6-9,11-13H2,1H3,(H,21,25). The van der Waals surface area contributed by atoms with Crippen LogP contribution in [-0.4, -0.2) is 66.2 Å². The van der Waals surface area contributed by atoms with Gasteiger partial charge in [-0.15, -0.1) is 0 Å². The first-order chi connectivity index (χ1) is 12.0. The highest BCUT2D eigenvalue weighted by atomic mass is 19.1. The largest absolute Gasteiger partial charge is 0.396 e. The second kappa shape index (κ2) is 8.25. The highest BCUT2D eigenvalue weighted by Gasteiger charge is 2.32. The van der Waals surface area contributed by atoms with Crippen LogP contribution in [0, 0.1) is 18.7 Å². The molecule has 0 spiro atoms. The molecular weight excluding hydrogens is 321 g/mol. The van der Waals surface area contributed by atoms with Crippen molar-refractivity contribution in [3.05, 3.63) is 29.6 Å². The second-order valence-corrected chi connectivity index (χ2v) is 7.37. The van der Waals surface area contributed by atoms with Gasteiger partial charge in [0.05, 0.1) is 12.2 Å². The average molecular weight is 349 g/mol. The predicted octanol–water partition coefficient (Wildman–Crippen LogP) is 1.85. The average Bonchev–Trinajstić information content (AvgIpc) is 3.38. The van der Waals surface area contributed by atoms with E-state index in [2.05, 4.69) is 15.1 Å². The molecular formula is C19H28FN3O2. The molecule has 25 heavy (non-hydrogen) atoms. The monoisotopic (exact) mass is 349 g/mol. The Bertz CT molecular complexity index is 606. The zero-order chi connectivity index (χ0) is 17.8. The number of piperazine rings is 1. The number of hydrogen-bond donors (Lipinski definition) is 2. The fourth-order valence-electron chi connectivity index (χ4n) is 3.52. The molecule has 138 valence electrons. The normalized spacial score (nSPS) is 22.1. The van der Waals surface area contributed by atoms with Gasteiger partial charge in [0.15, 0.2) is 0 Å². The van der Waals surface area contributed by atoms with Gasteiger partial charge in [-0.05, 0) is 49.8 Å². The number of benzene rings is 1.